The van der Waals surface area contributed by atoms with E-state index < -0.39 is 5.97 Å². The summed E-state index contributed by atoms with van der Waals surface area (Å²) in [6.45, 7) is 4.12. The minimum absolute atomic E-state index is 0.0567. The molecule has 0 amide bonds. The van der Waals surface area contributed by atoms with Crippen LogP contribution in [-0.4, -0.2) is 31.3 Å². The van der Waals surface area contributed by atoms with Crippen molar-refractivity contribution in [3.63, 3.8) is 0 Å². The molecule has 1 fully saturated rings. The van der Waals surface area contributed by atoms with Gasteiger partial charge in [0, 0.05) is 5.92 Å². The molecule has 0 saturated heterocycles. The van der Waals surface area contributed by atoms with Gasteiger partial charge >= 0.3 is 5.97 Å². The zero-order valence-corrected chi connectivity index (χ0v) is 10.9. The Kier molecular flexibility index (Phi) is 3.93. The second-order valence-electron chi connectivity index (χ2n) is 5.39. The summed E-state index contributed by atoms with van der Waals surface area (Å²) < 4.78 is 1.69. The lowest BCUT2D eigenvalue weighted by atomic mass is 9.82. The summed E-state index contributed by atoms with van der Waals surface area (Å²) in [5, 5.41) is 20.6. The molecule has 1 aromatic heterocycles. The van der Waals surface area contributed by atoms with E-state index in [-0.39, 0.29) is 12.5 Å². The lowest BCUT2D eigenvalue weighted by molar-refractivity contribution is -0.137. The van der Waals surface area contributed by atoms with Gasteiger partial charge in [-0.15, -0.1) is 5.10 Å². The Balaban J connectivity index is 2.09. The maximum Gasteiger partial charge on any atom is 0.305 e. The highest BCUT2D eigenvalue weighted by Crippen LogP contribution is 2.35. The van der Waals surface area contributed by atoms with E-state index in [9.17, 15) is 4.79 Å². The van der Waals surface area contributed by atoms with Gasteiger partial charge in [0.25, 0.3) is 0 Å². The first-order chi connectivity index (χ1) is 8.58. The molecule has 1 aliphatic rings. The number of rotatable bonds is 4. The van der Waals surface area contributed by atoms with Crippen LogP contribution in [0.25, 0.3) is 0 Å². The molecule has 6 nitrogen and oxygen atoms in total. The molecule has 1 unspecified atom stereocenters. The highest BCUT2D eigenvalue weighted by Gasteiger charge is 2.26. The van der Waals surface area contributed by atoms with E-state index in [1.807, 2.05) is 6.92 Å². The molecule has 0 aliphatic heterocycles. The van der Waals surface area contributed by atoms with E-state index in [1.165, 1.54) is 12.8 Å². The van der Waals surface area contributed by atoms with Crippen LogP contribution < -0.4 is 0 Å². The van der Waals surface area contributed by atoms with Gasteiger partial charge in [-0.05, 0) is 36.1 Å². The molecule has 0 bridgehead atoms. The fourth-order valence-corrected chi connectivity index (χ4v) is 2.64. The Morgan fingerprint density at radius 1 is 1.44 bits per heavy atom. The minimum atomic E-state index is -0.818. The van der Waals surface area contributed by atoms with E-state index in [0.717, 1.165) is 24.6 Å². The van der Waals surface area contributed by atoms with E-state index >= 15 is 0 Å². The molecule has 2 rings (SSSR count). The molecular formula is C12H20N4O2. The monoisotopic (exact) mass is 252 g/mol. The number of aliphatic carboxylic acids is 1. The second-order valence-corrected chi connectivity index (χ2v) is 5.39. The Bertz CT molecular complexity index is 410. The average molecular weight is 252 g/mol. The largest absolute Gasteiger partial charge is 0.481 e. The quantitative estimate of drug-likeness (QED) is 0.886. The summed E-state index contributed by atoms with van der Waals surface area (Å²) in [7, 11) is 0. The first-order valence-corrected chi connectivity index (χ1v) is 6.57. The van der Waals surface area contributed by atoms with Crippen molar-refractivity contribution in [2.75, 3.05) is 0 Å². The number of aromatic nitrogens is 4. The van der Waals surface area contributed by atoms with Crippen molar-refractivity contribution in [2.24, 2.45) is 5.92 Å². The summed E-state index contributed by atoms with van der Waals surface area (Å²) in [5.74, 6) is 1.20. The number of hydrogen-bond acceptors (Lipinski definition) is 4. The third kappa shape index (κ3) is 2.86. The van der Waals surface area contributed by atoms with Crippen LogP contribution in [0.15, 0.2) is 0 Å². The second kappa shape index (κ2) is 5.46. The van der Waals surface area contributed by atoms with Crippen molar-refractivity contribution in [1.82, 2.24) is 20.2 Å². The fourth-order valence-electron chi connectivity index (χ4n) is 2.64. The number of carboxylic acids is 1. The standard InChI is InChI=1S/C12H20N4O2/c1-8-3-5-10(6-4-8)12-13-14-15-16(12)9(2)7-11(17)18/h8-10H,3-7H2,1-2H3,(H,17,18). The van der Waals surface area contributed by atoms with Crippen molar-refractivity contribution in [3.8, 4) is 0 Å². The number of carbonyl (C=O) groups is 1. The summed E-state index contributed by atoms with van der Waals surface area (Å²) in [5.41, 5.74) is 0. The van der Waals surface area contributed by atoms with Gasteiger partial charge < -0.3 is 5.11 Å². The smallest absolute Gasteiger partial charge is 0.305 e. The lowest BCUT2D eigenvalue weighted by Crippen LogP contribution is -2.20. The fraction of sp³-hybridized carbons (Fsp3) is 0.833. The molecule has 100 valence electrons. The molecule has 6 heteroatoms. The number of hydrogen-bond donors (Lipinski definition) is 1. The van der Waals surface area contributed by atoms with Gasteiger partial charge in [0.05, 0.1) is 12.5 Å². The first-order valence-electron chi connectivity index (χ1n) is 6.57. The van der Waals surface area contributed by atoms with Crippen molar-refractivity contribution in [2.45, 2.75) is 57.9 Å². The predicted molar refractivity (Wildman–Crippen MR) is 65.2 cm³/mol. The lowest BCUT2D eigenvalue weighted by Gasteiger charge is -2.26. The predicted octanol–water partition coefficient (Wildman–Crippen LogP) is 2.00. The van der Waals surface area contributed by atoms with E-state index in [2.05, 4.69) is 22.4 Å². The molecule has 0 radical (unpaired) electrons. The van der Waals surface area contributed by atoms with Crippen LogP contribution in [0, 0.1) is 5.92 Å². The van der Waals surface area contributed by atoms with Crippen LogP contribution in [0.5, 0.6) is 0 Å². The summed E-state index contributed by atoms with van der Waals surface area (Å²) in [6.07, 6.45) is 4.65. The van der Waals surface area contributed by atoms with E-state index in [4.69, 9.17) is 5.11 Å². The molecule has 1 atom stereocenters. The Morgan fingerprint density at radius 3 is 2.72 bits per heavy atom. The average Bonchev–Trinajstić information content (AvgIpc) is 2.78. The summed E-state index contributed by atoms with van der Waals surface area (Å²) in [4.78, 5) is 10.8. The molecule has 18 heavy (non-hydrogen) atoms. The van der Waals surface area contributed by atoms with Crippen LogP contribution in [0.1, 0.15) is 63.7 Å². The van der Waals surface area contributed by atoms with Crippen LogP contribution in [0.4, 0.5) is 0 Å². The van der Waals surface area contributed by atoms with Crippen molar-refractivity contribution in [1.29, 1.82) is 0 Å². The van der Waals surface area contributed by atoms with Gasteiger partial charge in [0.1, 0.15) is 0 Å². The molecule has 1 aromatic rings. The Hall–Kier alpha value is -1.46. The number of tetrazole rings is 1. The molecule has 1 heterocycles. The molecular weight excluding hydrogens is 232 g/mol. The zero-order valence-electron chi connectivity index (χ0n) is 10.9. The Labute approximate surface area is 106 Å². The molecule has 0 aromatic carbocycles. The summed E-state index contributed by atoms with van der Waals surface area (Å²) >= 11 is 0. The van der Waals surface area contributed by atoms with E-state index in [1.54, 1.807) is 4.68 Å². The Morgan fingerprint density at radius 2 is 2.11 bits per heavy atom. The van der Waals surface area contributed by atoms with Crippen LogP contribution in [0.2, 0.25) is 0 Å². The normalized spacial score (nSPS) is 25.9. The number of nitrogens with zero attached hydrogens (tertiary/aromatic N) is 4. The van der Waals surface area contributed by atoms with Gasteiger partial charge in [0.15, 0.2) is 5.82 Å². The maximum absolute atomic E-state index is 10.8. The van der Waals surface area contributed by atoms with Gasteiger partial charge in [0.2, 0.25) is 0 Å². The molecule has 1 N–H and O–H groups in total. The topological polar surface area (TPSA) is 80.9 Å². The van der Waals surface area contributed by atoms with Gasteiger partial charge in [-0.3, -0.25) is 4.79 Å². The third-order valence-electron chi connectivity index (χ3n) is 3.79. The highest BCUT2D eigenvalue weighted by atomic mass is 16.4. The van der Waals surface area contributed by atoms with Gasteiger partial charge in [-0.2, -0.15) is 0 Å². The van der Waals surface area contributed by atoms with Crippen molar-refractivity contribution in [3.05, 3.63) is 5.82 Å². The zero-order chi connectivity index (χ0) is 13.1. The van der Waals surface area contributed by atoms with Crippen LogP contribution in [-0.2, 0) is 4.79 Å². The van der Waals surface area contributed by atoms with Crippen LogP contribution in [0.3, 0.4) is 0 Å². The molecule has 0 spiro atoms. The molecule has 1 aliphatic carbocycles. The van der Waals surface area contributed by atoms with Gasteiger partial charge in [-0.25, -0.2) is 4.68 Å². The van der Waals surface area contributed by atoms with Crippen molar-refractivity contribution < 1.29 is 9.90 Å². The maximum atomic E-state index is 10.8. The SMILES string of the molecule is CC1CCC(c2nnnn2C(C)CC(=O)O)CC1. The van der Waals surface area contributed by atoms with E-state index in [0.29, 0.717) is 5.92 Å². The van der Waals surface area contributed by atoms with Crippen molar-refractivity contribution >= 4 is 5.97 Å². The highest BCUT2D eigenvalue weighted by molar-refractivity contribution is 5.67. The third-order valence-corrected chi connectivity index (χ3v) is 3.79. The van der Waals surface area contributed by atoms with Crippen LogP contribution >= 0.6 is 0 Å². The first kappa shape index (κ1) is 13.0. The number of carboxylic acid groups (broad SMARTS) is 1. The summed E-state index contributed by atoms with van der Waals surface area (Å²) in [6, 6.07) is -0.188. The molecule has 1 saturated carbocycles. The minimum Gasteiger partial charge on any atom is -0.481 e. The van der Waals surface area contributed by atoms with Gasteiger partial charge in [-0.1, -0.05) is 19.8 Å².